The van der Waals surface area contributed by atoms with Crippen LogP contribution in [0.1, 0.15) is 5.56 Å². The van der Waals surface area contributed by atoms with Crippen LogP contribution in [0, 0.1) is 0 Å². The first-order chi connectivity index (χ1) is 12.5. The van der Waals surface area contributed by atoms with E-state index in [4.69, 9.17) is 12.2 Å². The third-order valence-corrected chi connectivity index (χ3v) is 4.21. The highest BCUT2D eigenvalue weighted by molar-refractivity contribution is 7.80. The third-order valence-electron chi connectivity index (χ3n) is 3.99. The molecule has 3 aromatic rings. The highest BCUT2D eigenvalue weighted by Crippen LogP contribution is 2.19. The van der Waals surface area contributed by atoms with Crippen molar-refractivity contribution in [2.45, 2.75) is 12.5 Å². The Morgan fingerprint density at radius 2 is 1.69 bits per heavy atom. The maximum Gasteiger partial charge on any atom is 0.326 e. The van der Waals surface area contributed by atoms with Crippen molar-refractivity contribution in [3.05, 3.63) is 72.3 Å². The van der Waals surface area contributed by atoms with Gasteiger partial charge >= 0.3 is 5.97 Å². The third kappa shape index (κ3) is 4.49. The smallest absolute Gasteiger partial charge is 0.326 e. The van der Waals surface area contributed by atoms with Crippen LogP contribution in [0.25, 0.3) is 10.8 Å². The van der Waals surface area contributed by atoms with E-state index in [-0.39, 0.29) is 17.3 Å². The molecule has 5 nitrogen and oxygen atoms in total. The minimum Gasteiger partial charge on any atom is -0.508 e. The van der Waals surface area contributed by atoms with Crippen molar-refractivity contribution in [2.24, 2.45) is 0 Å². The number of nitrogens with one attached hydrogen (secondary N) is 2. The predicted octanol–water partition coefficient (Wildman–Crippen LogP) is 3.53. The van der Waals surface area contributed by atoms with Gasteiger partial charge in [0.2, 0.25) is 0 Å². The van der Waals surface area contributed by atoms with Crippen LogP contribution in [0.15, 0.2) is 66.7 Å². The Balaban J connectivity index is 1.67. The number of carbonyl (C=O) groups is 1. The first-order valence-electron chi connectivity index (χ1n) is 8.08. The standard InChI is InChI=1S/C20H18N2O3S/c23-17-9-5-13(6-10-17)11-18(19(24)25)22-20(26)21-16-8-7-14-3-1-2-4-15(14)12-16/h1-10,12,18,23H,11H2,(H,24,25)(H2,21,22,26). The maximum atomic E-state index is 11.5. The van der Waals surface area contributed by atoms with Gasteiger partial charge in [0.25, 0.3) is 0 Å². The van der Waals surface area contributed by atoms with E-state index in [0.717, 1.165) is 22.0 Å². The fourth-order valence-electron chi connectivity index (χ4n) is 2.66. The number of aromatic hydroxyl groups is 1. The van der Waals surface area contributed by atoms with E-state index < -0.39 is 12.0 Å². The van der Waals surface area contributed by atoms with Crippen molar-refractivity contribution in [1.82, 2.24) is 5.32 Å². The zero-order valence-corrected chi connectivity index (χ0v) is 14.7. The molecule has 0 aliphatic rings. The van der Waals surface area contributed by atoms with Crippen molar-refractivity contribution in [2.75, 3.05) is 5.32 Å². The highest BCUT2D eigenvalue weighted by atomic mass is 32.1. The monoisotopic (exact) mass is 366 g/mol. The van der Waals surface area contributed by atoms with E-state index >= 15 is 0 Å². The molecule has 0 heterocycles. The fourth-order valence-corrected chi connectivity index (χ4v) is 2.92. The molecule has 1 atom stereocenters. The summed E-state index contributed by atoms with van der Waals surface area (Å²) in [5.41, 5.74) is 1.58. The van der Waals surface area contributed by atoms with E-state index in [1.165, 1.54) is 12.1 Å². The van der Waals surface area contributed by atoms with Gasteiger partial charge in [0.15, 0.2) is 5.11 Å². The summed E-state index contributed by atoms with van der Waals surface area (Å²) in [5, 5.41) is 27.1. The molecule has 0 saturated carbocycles. The zero-order valence-electron chi connectivity index (χ0n) is 13.8. The van der Waals surface area contributed by atoms with Gasteiger partial charge in [-0.25, -0.2) is 4.79 Å². The predicted molar refractivity (Wildman–Crippen MR) is 107 cm³/mol. The highest BCUT2D eigenvalue weighted by Gasteiger charge is 2.19. The largest absolute Gasteiger partial charge is 0.508 e. The van der Waals surface area contributed by atoms with Gasteiger partial charge in [0.1, 0.15) is 11.8 Å². The number of fused-ring (bicyclic) bond motifs is 1. The second-order valence-electron chi connectivity index (χ2n) is 5.92. The molecule has 0 fully saturated rings. The molecule has 6 heteroatoms. The van der Waals surface area contributed by atoms with Gasteiger partial charge < -0.3 is 20.8 Å². The summed E-state index contributed by atoms with van der Waals surface area (Å²) in [6, 6.07) is 19.3. The topological polar surface area (TPSA) is 81.6 Å². The average Bonchev–Trinajstić information content (AvgIpc) is 2.62. The molecule has 3 aromatic carbocycles. The van der Waals surface area contributed by atoms with Crippen LogP contribution >= 0.6 is 12.2 Å². The van der Waals surface area contributed by atoms with Gasteiger partial charge in [-0.1, -0.05) is 42.5 Å². The van der Waals surface area contributed by atoms with Crippen LogP contribution in [0.2, 0.25) is 0 Å². The molecule has 0 aromatic heterocycles. The number of carboxylic acid groups (broad SMARTS) is 1. The summed E-state index contributed by atoms with van der Waals surface area (Å²) in [7, 11) is 0. The Morgan fingerprint density at radius 1 is 1.00 bits per heavy atom. The first-order valence-corrected chi connectivity index (χ1v) is 8.49. The molecule has 0 bridgehead atoms. The second-order valence-corrected chi connectivity index (χ2v) is 6.33. The fraction of sp³-hybridized carbons (Fsp3) is 0.100. The van der Waals surface area contributed by atoms with E-state index in [9.17, 15) is 15.0 Å². The second kappa shape index (κ2) is 7.84. The Morgan fingerprint density at radius 3 is 2.38 bits per heavy atom. The number of aliphatic carboxylic acids is 1. The van der Waals surface area contributed by atoms with Crippen LogP contribution in [0.4, 0.5) is 5.69 Å². The molecule has 132 valence electrons. The minimum absolute atomic E-state index is 0.141. The van der Waals surface area contributed by atoms with Crippen LogP contribution in [-0.4, -0.2) is 27.3 Å². The Kier molecular flexibility index (Phi) is 5.34. The summed E-state index contributed by atoms with van der Waals surface area (Å²) in [6.07, 6.45) is 0.245. The lowest BCUT2D eigenvalue weighted by Crippen LogP contribution is -2.44. The van der Waals surface area contributed by atoms with Gasteiger partial charge in [-0.3, -0.25) is 0 Å². The van der Waals surface area contributed by atoms with Gasteiger partial charge in [-0.2, -0.15) is 0 Å². The van der Waals surface area contributed by atoms with Gasteiger partial charge in [-0.05, 0) is 52.8 Å². The number of hydrogen-bond donors (Lipinski definition) is 4. The molecule has 0 aliphatic carbocycles. The van der Waals surface area contributed by atoms with Crippen LogP contribution in [0.3, 0.4) is 0 Å². The van der Waals surface area contributed by atoms with E-state index in [1.54, 1.807) is 12.1 Å². The summed E-state index contributed by atoms with van der Waals surface area (Å²) in [6.45, 7) is 0. The van der Waals surface area contributed by atoms with Crippen molar-refractivity contribution in [1.29, 1.82) is 0 Å². The molecule has 0 radical (unpaired) electrons. The number of hydrogen-bond acceptors (Lipinski definition) is 3. The summed E-state index contributed by atoms with van der Waals surface area (Å²) >= 11 is 5.27. The quantitative estimate of drug-likeness (QED) is 0.517. The molecule has 0 saturated heterocycles. The molecule has 0 spiro atoms. The van der Waals surface area contributed by atoms with Crippen LogP contribution < -0.4 is 10.6 Å². The van der Waals surface area contributed by atoms with Crippen molar-refractivity contribution in [3.8, 4) is 5.75 Å². The van der Waals surface area contributed by atoms with Crippen LogP contribution in [0.5, 0.6) is 5.75 Å². The van der Waals surface area contributed by atoms with E-state index in [0.29, 0.717) is 0 Å². The molecule has 3 rings (SSSR count). The number of thiocarbonyl (C=S) groups is 1. The van der Waals surface area contributed by atoms with E-state index in [2.05, 4.69) is 10.6 Å². The average molecular weight is 366 g/mol. The maximum absolute atomic E-state index is 11.5. The van der Waals surface area contributed by atoms with Crippen molar-refractivity contribution in [3.63, 3.8) is 0 Å². The van der Waals surface area contributed by atoms with Crippen molar-refractivity contribution >= 4 is 39.8 Å². The van der Waals surface area contributed by atoms with Crippen LogP contribution in [-0.2, 0) is 11.2 Å². The molecule has 0 aliphatic heterocycles. The molecule has 1 unspecified atom stereocenters. The zero-order chi connectivity index (χ0) is 18.5. The summed E-state index contributed by atoms with van der Waals surface area (Å²) < 4.78 is 0. The molecular weight excluding hydrogens is 348 g/mol. The Hall–Kier alpha value is -3.12. The Labute approximate surface area is 156 Å². The molecule has 26 heavy (non-hydrogen) atoms. The van der Waals surface area contributed by atoms with E-state index in [1.807, 2.05) is 42.5 Å². The molecular formula is C20H18N2O3S. The first kappa shape index (κ1) is 17.7. The number of phenols is 1. The van der Waals surface area contributed by atoms with Gasteiger partial charge in [0, 0.05) is 12.1 Å². The molecule has 4 N–H and O–H groups in total. The van der Waals surface area contributed by atoms with Gasteiger partial charge in [0.05, 0.1) is 0 Å². The summed E-state index contributed by atoms with van der Waals surface area (Å²) in [5.74, 6) is -0.859. The Bertz CT molecular complexity index is 941. The minimum atomic E-state index is -0.999. The van der Waals surface area contributed by atoms with Crippen molar-refractivity contribution < 1.29 is 15.0 Å². The van der Waals surface area contributed by atoms with Gasteiger partial charge in [-0.15, -0.1) is 0 Å². The number of benzene rings is 3. The lowest BCUT2D eigenvalue weighted by Gasteiger charge is -2.18. The molecule has 0 amide bonds. The number of rotatable bonds is 5. The number of carboxylic acids is 1. The normalized spacial score (nSPS) is 11.7. The number of phenolic OH excluding ortho intramolecular Hbond substituents is 1. The SMILES string of the molecule is O=C(O)C(Cc1ccc(O)cc1)NC(=S)Nc1ccc2ccccc2c1. The summed E-state index contributed by atoms with van der Waals surface area (Å²) in [4.78, 5) is 11.5. The number of anilines is 1. The lowest BCUT2D eigenvalue weighted by molar-refractivity contribution is -0.139. The lowest BCUT2D eigenvalue weighted by atomic mass is 10.1.